The van der Waals surface area contributed by atoms with Crippen molar-refractivity contribution in [2.24, 2.45) is 0 Å². The van der Waals surface area contributed by atoms with Gasteiger partial charge in [0.2, 0.25) is 6.79 Å². The summed E-state index contributed by atoms with van der Waals surface area (Å²) >= 11 is 7.43. The molecule has 0 atom stereocenters. The van der Waals surface area contributed by atoms with Gasteiger partial charge in [-0.05, 0) is 36.8 Å². The maximum Gasteiger partial charge on any atom is 0.325 e. The second-order valence-electron chi connectivity index (χ2n) is 5.07. The Labute approximate surface area is 147 Å². The Morgan fingerprint density at radius 3 is 2.92 bits per heavy atom. The van der Waals surface area contributed by atoms with E-state index in [1.54, 1.807) is 18.2 Å². The van der Waals surface area contributed by atoms with Crippen LogP contribution in [-0.4, -0.2) is 25.2 Å². The van der Waals surface area contributed by atoms with Crippen LogP contribution in [0, 0.1) is 6.92 Å². The molecule has 3 rings (SSSR count). The van der Waals surface area contributed by atoms with E-state index in [2.05, 4.69) is 5.32 Å². The molecule has 2 aromatic rings. The van der Waals surface area contributed by atoms with E-state index >= 15 is 0 Å². The van der Waals surface area contributed by atoms with Gasteiger partial charge >= 0.3 is 5.97 Å². The van der Waals surface area contributed by atoms with E-state index in [1.165, 1.54) is 11.3 Å². The lowest BCUT2D eigenvalue weighted by Gasteiger charge is -2.07. The molecule has 0 spiro atoms. The summed E-state index contributed by atoms with van der Waals surface area (Å²) in [5.74, 6) is 0.182. The van der Waals surface area contributed by atoms with Crippen molar-refractivity contribution in [3.05, 3.63) is 44.6 Å². The average Bonchev–Trinajstić information content (AvgIpc) is 3.19. The lowest BCUT2D eigenvalue weighted by Crippen LogP contribution is -2.30. The Morgan fingerprint density at radius 2 is 2.17 bits per heavy atom. The summed E-state index contributed by atoms with van der Waals surface area (Å²) in [6.45, 7) is 1.86. The average molecular weight is 368 g/mol. The number of esters is 1. The molecule has 0 bridgehead atoms. The smallest absolute Gasteiger partial charge is 0.325 e. The quantitative estimate of drug-likeness (QED) is 0.822. The number of hydrogen-bond acceptors (Lipinski definition) is 6. The van der Waals surface area contributed by atoms with Gasteiger partial charge in [0.05, 0.1) is 9.90 Å². The molecule has 8 heteroatoms. The molecule has 2 heterocycles. The van der Waals surface area contributed by atoms with Crippen LogP contribution in [0.1, 0.15) is 20.1 Å². The van der Waals surface area contributed by atoms with Crippen molar-refractivity contribution in [3.63, 3.8) is 0 Å². The highest BCUT2D eigenvalue weighted by Gasteiger charge is 2.19. The highest BCUT2D eigenvalue weighted by atomic mass is 35.5. The Balaban J connectivity index is 1.49. The van der Waals surface area contributed by atoms with Crippen LogP contribution in [0.2, 0.25) is 5.02 Å². The van der Waals surface area contributed by atoms with Gasteiger partial charge in [-0.25, -0.2) is 0 Å². The molecule has 0 saturated heterocycles. The number of fused-ring (bicyclic) bond motifs is 1. The molecule has 126 valence electrons. The third-order valence-electron chi connectivity index (χ3n) is 3.24. The van der Waals surface area contributed by atoms with Crippen molar-refractivity contribution in [3.8, 4) is 11.5 Å². The van der Waals surface area contributed by atoms with E-state index in [9.17, 15) is 9.59 Å². The Kier molecular flexibility index (Phi) is 4.92. The van der Waals surface area contributed by atoms with Gasteiger partial charge in [-0.1, -0.05) is 11.6 Å². The fourth-order valence-electron chi connectivity index (χ4n) is 2.12. The molecule has 0 fully saturated rings. The first-order chi connectivity index (χ1) is 11.5. The SMILES string of the molecule is Cc1ccc(C(=O)NCC(=O)OCc2cc(Cl)c3c(c2)OCO3)s1. The summed E-state index contributed by atoms with van der Waals surface area (Å²) in [6.07, 6.45) is 0. The molecule has 1 aliphatic heterocycles. The number of halogens is 1. The van der Waals surface area contributed by atoms with Crippen LogP contribution in [0.15, 0.2) is 24.3 Å². The van der Waals surface area contributed by atoms with E-state index in [0.717, 1.165) is 4.88 Å². The van der Waals surface area contributed by atoms with Gasteiger partial charge in [0.25, 0.3) is 5.91 Å². The molecule has 1 amide bonds. The first-order valence-corrected chi connectivity index (χ1v) is 8.30. The zero-order valence-electron chi connectivity index (χ0n) is 12.8. The number of amides is 1. The molecule has 1 aromatic carbocycles. The summed E-state index contributed by atoms with van der Waals surface area (Å²) in [7, 11) is 0. The van der Waals surface area contributed by atoms with Crippen LogP contribution in [-0.2, 0) is 16.1 Å². The van der Waals surface area contributed by atoms with Gasteiger partial charge in [-0.3, -0.25) is 9.59 Å². The third-order valence-corrected chi connectivity index (χ3v) is 4.52. The number of carbonyl (C=O) groups is 2. The summed E-state index contributed by atoms with van der Waals surface area (Å²) in [6, 6.07) is 6.92. The first kappa shape index (κ1) is 16.6. The molecule has 6 nitrogen and oxygen atoms in total. The molecule has 0 saturated carbocycles. The minimum Gasteiger partial charge on any atom is -0.459 e. The number of ether oxygens (including phenoxy) is 3. The summed E-state index contributed by atoms with van der Waals surface area (Å²) in [5, 5.41) is 2.93. The summed E-state index contributed by atoms with van der Waals surface area (Å²) in [4.78, 5) is 25.2. The van der Waals surface area contributed by atoms with Crippen molar-refractivity contribution in [2.75, 3.05) is 13.3 Å². The minimum atomic E-state index is -0.537. The van der Waals surface area contributed by atoms with Crippen LogP contribution in [0.3, 0.4) is 0 Å². The Hall–Kier alpha value is -2.25. The highest BCUT2D eigenvalue weighted by molar-refractivity contribution is 7.13. The van der Waals surface area contributed by atoms with Gasteiger partial charge in [0.1, 0.15) is 13.2 Å². The number of hydrogen-bond donors (Lipinski definition) is 1. The molecule has 24 heavy (non-hydrogen) atoms. The standard InChI is InChI=1S/C16H14ClNO5S/c1-9-2-3-13(24-9)16(20)18-6-14(19)21-7-10-4-11(17)15-12(5-10)22-8-23-15/h2-5H,6-8H2,1H3,(H,18,20). The van der Waals surface area contributed by atoms with Gasteiger partial charge in [0.15, 0.2) is 11.5 Å². The fourth-order valence-corrected chi connectivity index (χ4v) is 3.19. The zero-order chi connectivity index (χ0) is 17.1. The van der Waals surface area contributed by atoms with Crippen molar-refractivity contribution in [1.29, 1.82) is 0 Å². The van der Waals surface area contributed by atoms with E-state index in [1.807, 2.05) is 13.0 Å². The Morgan fingerprint density at radius 1 is 1.33 bits per heavy atom. The minimum absolute atomic E-state index is 0.0309. The zero-order valence-corrected chi connectivity index (χ0v) is 14.3. The first-order valence-electron chi connectivity index (χ1n) is 7.11. The number of aryl methyl sites for hydroxylation is 1. The molecular formula is C16H14ClNO5S. The van der Waals surface area contributed by atoms with Gasteiger partial charge < -0.3 is 19.5 Å². The summed E-state index contributed by atoms with van der Waals surface area (Å²) < 4.78 is 15.6. The molecule has 1 aliphatic rings. The lowest BCUT2D eigenvalue weighted by molar-refractivity contribution is -0.143. The molecule has 0 unspecified atom stereocenters. The predicted molar refractivity (Wildman–Crippen MR) is 88.8 cm³/mol. The summed E-state index contributed by atoms with van der Waals surface area (Å²) in [5.41, 5.74) is 0.679. The van der Waals surface area contributed by atoms with E-state index < -0.39 is 5.97 Å². The van der Waals surface area contributed by atoms with Crippen LogP contribution in [0.4, 0.5) is 0 Å². The molecule has 0 radical (unpaired) electrons. The monoisotopic (exact) mass is 367 g/mol. The molecule has 1 N–H and O–H groups in total. The Bertz CT molecular complexity index is 789. The normalized spacial score (nSPS) is 12.1. The number of nitrogens with one attached hydrogen (secondary N) is 1. The molecule has 1 aromatic heterocycles. The van der Waals surface area contributed by atoms with Crippen molar-refractivity contribution >= 4 is 34.8 Å². The topological polar surface area (TPSA) is 73.9 Å². The molecular weight excluding hydrogens is 354 g/mol. The van der Waals surface area contributed by atoms with Crippen LogP contribution >= 0.6 is 22.9 Å². The number of rotatable bonds is 5. The van der Waals surface area contributed by atoms with Crippen molar-refractivity contribution in [2.45, 2.75) is 13.5 Å². The van der Waals surface area contributed by atoms with E-state index in [0.29, 0.717) is 27.0 Å². The predicted octanol–water partition coefficient (Wildman–Crippen LogP) is 2.91. The third kappa shape index (κ3) is 3.80. The second kappa shape index (κ2) is 7.11. The number of thiophene rings is 1. The van der Waals surface area contributed by atoms with Gasteiger partial charge in [0, 0.05) is 4.88 Å². The van der Waals surface area contributed by atoms with Crippen molar-refractivity contribution < 1.29 is 23.8 Å². The number of benzene rings is 1. The largest absolute Gasteiger partial charge is 0.459 e. The van der Waals surface area contributed by atoms with Crippen LogP contribution < -0.4 is 14.8 Å². The van der Waals surface area contributed by atoms with Gasteiger partial charge in [-0.15, -0.1) is 11.3 Å². The maximum atomic E-state index is 11.9. The van der Waals surface area contributed by atoms with Crippen molar-refractivity contribution in [1.82, 2.24) is 5.32 Å². The lowest BCUT2D eigenvalue weighted by atomic mass is 10.2. The number of carbonyl (C=O) groups excluding carboxylic acids is 2. The second-order valence-corrected chi connectivity index (χ2v) is 6.76. The fraction of sp³-hybridized carbons (Fsp3) is 0.250. The maximum absolute atomic E-state index is 11.9. The van der Waals surface area contributed by atoms with E-state index in [4.69, 9.17) is 25.8 Å². The highest BCUT2D eigenvalue weighted by Crippen LogP contribution is 2.39. The van der Waals surface area contributed by atoms with Crippen LogP contribution in [0.25, 0.3) is 0 Å². The molecule has 0 aliphatic carbocycles. The van der Waals surface area contributed by atoms with Gasteiger partial charge in [-0.2, -0.15) is 0 Å². The van der Waals surface area contributed by atoms with Crippen LogP contribution in [0.5, 0.6) is 11.5 Å². The van der Waals surface area contributed by atoms with E-state index in [-0.39, 0.29) is 25.9 Å².